The highest BCUT2D eigenvalue weighted by atomic mass is 16.6. The number of rotatable bonds is 3. The summed E-state index contributed by atoms with van der Waals surface area (Å²) in [6.07, 6.45) is 2.96. The summed E-state index contributed by atoms with van der Waals surface area (Å²) in [6.45, 7) is 0. The molecule has 154 valence electrons. The fraction of sp³-hybridized carbons (Fsp3) is 0.292. The average Bonchev–Trinajstić information content (AvgIpc) is 3.15. The minimum absolute atomic E-state index is 0.241. The fourth-order valence-corrected chi connectivity index (χ4v) is 5.79. The van der Waals surface area contributed by atoms with Gasteiger partial charge in [-0.3, -0.25) is 4.79 Å². The van der Waals surface area contributed by atoms with E-state index in [0.29, 0.717) is 46.6 Å². The molecular weight excluding hydrogens is 392 g/mol. The van der Waals surface area contributed by atoms with Gasteiger partial charge in [-0.15, -0.1) is 0 Å². The zero-order valence-electron chi connectivity index (χ0n) is 16.6. The molecule has 7 heteroatoms. The summed E-state index contributed by atoms with van der Waals surface area (Å²) in [5.41, 5.74) is 1.17. The second kappa shape index (κ2) is 6.04. The monoisotopic (exact) mass is 412 g/mol. The molecule has 1 N–H and O–H groups in total. The molecule has 3 aliphatic rings. The van der Waals surface area contributed by atoms with Crippen LogP contribution in [0.3, 0.4) is 0 Å². The van der Waals surface area contributed by atoms with Crippen molar-refractivity contribution >= 4 is 11.2 Å². The van der Waals surface area contributed by atoms with Gasteiger partial charge in [-0.2, -0.15) is 0 Å². The van der Waals surface area contributed by atoms with E-state index in [1.807, 2.05) is 48.5 Å². The summed E-state index contributed by atoms with van der Waals surface area (Å²) < 4.78 is 8.57. The number of H-pyrrole nitrogens is 1. The van der Waals surface area contributed by atoms with Gasteiger partial charge in [0.2, 0.25) is 0 Å². The number of aromatic nitrogens is 4. The number of benzene rings is 2. The Hall–Kier alpha value is -3.45. The highest BCUT2D eigenvalue weighted by Crippen LogP contribution is 2.61. The molecule has 4 aromatic rings. The second-order valence-electron chi connectivity index (χ2n) is 8.82. The summed E-state index contributed by atoms with van der Waals surface area (Å²) in [4.78, 5) is 35.2. The minimum atomic E-state index is -0.425. The quantitative estimate of drug-likeness (QED) is 0.525. The third-order valence-electron chi connectivity index (χ3n) is 7.19. The normalized spacial score (nSPS) is 28.2. The number of aromatic amines is 1. The summed E-state index contributed by atoms with van der Waals surface area (Å²) in [5, 5.41) is 0. The Kier molecular flexibility index (Phi) is 3.36. The average molecular weight is 412 g/mol. The van der Waals surface area contributed by atoms with E-state index in [9.17, 15) is 9.59 Å². The molecule has 2 aliphatic carbocycles. The van der Waals surface area contributed by atoms with E-state index in [2.05, 4.69) is 4.98 Å². The predicted octanol–water partition coefficient (Wildman–Crippen LogP) is 2.76. The van der Waals surface area contributed by atoms with E-state index in [1.54, 1.807) is 12.1 Å². The van der Waals surface area contributed by atoms with Gasteiger partial charge in [0, 0.05) is 5.92 Å². The molecule has 7 rings (SSSR count). The largest absolute Gasteiger partial charge is 0.369 e. The van der Waals surface area contributed by atoms with Crippen LogP contribution < -0.4 is 11.2 Å². The molecule has 31 heavy (non-hydrogen) atoms. The number of ether oxygens (including phenoxy) is 1. The van der Waals surface area contributed by atoms with Crippen molar-refractivity contribution in [1.82, 2.24) is 19.1 Å². The Morgan fingerprint density at radius 1 is 0.871 bits per heavy atom. The molecule has 2 bridgehead atoms. The number of hydrogen-bond donors (Lipinski definition) is 1. The molecule has 2 saturated carbocycles. The number of epoxide rings is 1. The van der Waals surface area contributed by atoms with Gasteiger partial charge < -0.3 is 9.72 Å². The maximum atomic E-state index is 13.6. The van der Waals surface area contributed by atoms with Gasteiger partial charge in [0.25, 0.3) is 5.56 Å². The zero-order valence-corrected chi connectivity index (χ0v) is 16.6. The number of hydrogen-bond acceptors (Lipinski definition) is 4. The molecule has 0 amide bonds. The lowest BCUT2D eigenvalue weighted by atomic mass is 9.88. The minimum Gasteiger partial charge on any atom is -0.369 e. The van der Waals surface area contributed by atoms with Crippen LogP contribution in [0, 0.1) is 11.8 Å². The van der Waals surface area contributed by atoms with Crippen LogP contribution in [0.25, 0.3) is 22.5 Å². The number of fused-ring (bicyclic) bond motifs is 6. The van der Waals surface area contributed by atoms with Crippen LogP contribution in [0.4, 0.5) is 0 Å². The van der Waals surface area contributed by atoms with Crippen LogP contribution in [0.5, 0.6) is 0 Å². The molecule has 2 aromatic heterocycles. The van der Waals surface area contributed by atoms with Crippen molar-refractivity contribution in [3.8, 4) is 11.4 Å². The number of nitrogens with one attached hydrogen (secondary N) is 1. The van der Waals surface area contributed by atoms with Crippen LogP contribution in [-0.4, -0.2) is 31.3 Å². The van der Waals surface area contributed by atoms with Gasteiger partial charge in [-0.1, -0.05) is 36.4 Å². The van der Waals surface area contributed by atoms with Gasteiger partial charge in [-0.25, -0.2) is 18.9 Å². The summed E-state index contributed by atoms with van der Waals surface area (Å²) in [5.74, 6) is 2.07. The second-order valence-corrected chi connectivity index (χ2v) is 8.82. The van der Waals surface area contributed by atoms with Crippen molar-refractivity contribution in [1.29, 1.82) is 0 Å². The van der Waals surface area contributed by atoms with Crippen molar-refractivity contribution in [2.75, 3.05) is 0 Å². The van der Waals surface area contributed by atoms with Gasteiger partial charge in [0.05, 0.1) is 23.6 Å². The van der Waals surface area contributed by atoms with Crippen molar-refractivity contribution in [3.05, 3.63) is 87.3 Å². The maximum Gasteiger partial charge on any atom is 0.342 e. The Morgan fingerprint density at radius 3 is 2.19 bits per heavy atom. The van der Waals surface area contributed by atoms with Gasteiger partial charge in [0.15, 0.2) is 11.2 Å². The van der Waals surface area contributed by atoms with Gasteiger partial charge in [-0.05, 0) is 48.9 Å². The van der Waals surface area contributed by atoms with Crippen molar-refractivity contribution in [3.63, 3.8) is 0 Å². The van der Waals surface area contributed by atoms with Crippen LogP contribution in [-0.2, 0) is 4.74 Å². The van der Waals surface area contributed by atoms with Gasteiger partial charge in [0.1, 0.15) is 5.82 Å². The summed E-state index contributed by atoms with van der Waals surface area (Å²) in [6, 6.07) is 18.4. The molecule has 0 spiro atoms. The zero-order chi connectivity index (χ0) is 20.7. The Morgan fingerprint density at radius 2 is 1.55 bits per heavy atom. The van der Waals surface area contributed by atoms with Crippen LogP contribution in [0.2, 0.25) is 0 Å². The highest BCUT2D eigenvalue weighted by Gasteiger charge is 2.63. The van der Waals surface area contributed by atoms with Crippen molar-refractivity contribution in [2.45, 2.75) is 31.0 Å². The predicted molar refractivity (Wildman–Crippen MR) is 115 cm³/mol. The first-order chi connectivity index (χ1) is 15.2. The fourth-order valence-electron chi connectivity index (χ4n) is 5.79. The standard InChI is InChI=1S/C24H20N4O3/c29-23-18-22(26-21(25-18)17-12-13-11-16(17)20-19(13)31-20)27(14-7-3-1-4-8-14)24(30)28(23)15-9-5-2-6-10-15/h1-10,13,16-17,19-20H,11-12H2,(H,25,26). The van der Waals surface area contributed by atoms with E-state index in [4.69, 9.17) is 9.72 Å². The van der Waals surface area contributed by atoms with E-state index in [0.717, 1.165) is 18.7 Å². The summed E-state index contributed by atoms with van der Waals surface area (Å²) >= 11 is 0. The van der Waals surface area contributed by atoms with E-state index < -0.39 is 5.69 Å². The molecule has 2 aromatic carbocycles. The molecule has 5 unspecified atom stereocenters. The van der Waals surface area contributed by atoms with Gasteiger partial charge >= 0.3 is 5.69 Å². The summed E-state index contributed by atoms with van der Waals surface area (Å²) in [7, 11) is 0. The lowest BCUT2D eigenvalue weighted by Crippen LogP contribution is -2.38. The number of imidazole rings is 1. The third-order valence-corrected chi connectivity index (χ3v) is 7.19. The van der Waals surface area contributed by atoms with Crippen molar-refractivity contribution in [2.24, 2.45) is 11.8 Å². The SMILES string of the molecule is O=c1c2[nH]c(C3CC4CC3C3OC43)nc2n(-c2ccccc2)c(=O)n1-c1ccccc1. The molecule has 5 atom stereocenters. The number of para-hydroxylation sites is 2. The third kappa shape index (κ3) is 2.35. The smallest absolute Gasteiger partial charge is 0.342 e. The molecule has 0 radical (unpaired) electrons. The molecule has 3 heterocycles. The molecule has 3 fully saturated rings. The van der Waals surface area contributed by atoms with Crippen LogP contribution in [0.15, 0.2) is 70.3 Å². The topological polar surface area (TPSA) is 85.2 Å². The van der Waals surface area contributed by atoms with E-state index in [1.165, 1.54) is 9.13 Å². The lowest BCUT2D eigenvalue weighted by Gasteiger charge is -2.16. The molecule has 7 nitrogen and oxygen atoms in total. The van der Waals surface area contributed by atoms with Crippen LogP contribution in [0.1, 0.15) is 24.6 Å². The highest BCUT2D eigenvalue weighted by molar-refractivity contribution is 5.73. The van der Waals surface area contributed by atoms with E-state index >= 15 is 0 Å². The first-order valence-corrected chi connectivity index (χ1v) is 10.7. The Bertz CT molecular complexity index is 1440. The molecule has 1 aliphatic heterocycles. The first-order valence-electron chi connectivity index (χ1n) is 10.7. The van der Waals surface area contributed by atoms with Crippen molar-refractivity contribution < 1.29 is 4.74 Å². The number of nitrogens with zero attached hydrogens (tertiary/aromatic N) is 3. The van der Waals surface area contributed by atoms with Crippen LogP contribution >= 0.6 is 0 Å². The molecule has 1 saturated heterocycles. The molecular formula is C24H20N4O3. The van der Waals surface area contributed by atoms with E-state index in [-0.39, 0.29) is 11.5 Å². The lowest BCUT2D eigenvalue weighted by molar-refractivity contribution is 0.260. The Labute approximate surface area is 176 Å². The Balaban J connectivity index is 1.50. The maximum absolute atomic E-state index is 13.6. The first kappa shape index (κ1) is 17.3.